The predicted molar refractivity (Wildman–Crippen MR) is 119 cm³/mol. The van der Waals surface area contributed by atoms with E-state index in [4.69, 9.17) is 9.72 Å². The van der Waals surface area contributed by atoms with Crippen LogP contribution in [0.1, 0.15) is 25.7 Å². The van der Waals surface area contributed by atoms with Crippen LogP contribution in [0.3, 0.4) is 0 Å². The van der Waals surface area contributed by atoms with Crippen molar-refractivity contribution < 1.29 is 9.53 Å². The molecule has 1 aliphatic heterocycles. The number of aromatic nitrogens is 3. The van der Waals surface area contributed by atoms with Gasteiger partial charge in [-0.15, -0.1) is 0 Å². The van der Waals surface area contributed by atoms with Gasteiger partial charge in [0.15, 0.2) is 11.6 Å². The number of aromatic amines is 1. The highest BCUT2D eigenvalue weighted by Crippen LogP contribution is 2.53. The van der Waals surface area contributed by atoms with Crippen LogP contribution in [0, 0.1) is 5.41 Å². The number of hydrogen-bond donors (Lipinski definition) is 3. The molecule has 3 fully saturated rings. The van der Waals surface area contributed by atoms with Crippen molar-refractivity contribution in [3.63, 3.8) is 0 Å². The molecule has 3 aliphatic rings. The van der Waals surface area contributed by atoms with Gasteiger partial charge in [0, 0.05) is 31.2 Å². The summed E-state index contributed by atoms with van der Waals surface area (Å²) in [5.41, 5.74) is 3.01. The summed E-state index contributed by atoms with van der Waals surface area (Å²) in [7, 11) is 3.93. The van der Waals surface area contributed by atoms with Crippen LogP contribution < -0.4 is 20.3 Å². The van der Waals surface area contributed by atoms with E-state index in [1.165, 1.54) is 0 Å². The van der Waals surface area contributed by atoms with E-state index in [0.717, 1.165) is 71.8 Å². The minimum absolute atomic E-state index is 0.112. The van der Waals surface area contributed by atoms with E-state index in [9.17, 15) is 4.79 Å². The van der Waals surface area contributed by atoms with Crippen molar-refractivity contribution in [1.29, 1.82) is 0 Å². The number of benzene rings is 1. The zero-order valence-corrected chi connectivity index (χ0v) is 17.7. The number of pyridine rings is 1. The summed E-state index contributed by atoms with van der Waals surface area (Å²) >= 11 is 0. The third-order valence-electron chi connectivity index (χ3n) is 6.63. The molecule has 8 nitrogen and oxygen atoms in total. The first-order valence-corrected chi connectivity index (χ1v) is 10.9. The number of nitrogens with one attached hydrogen (secondary N) is 3. The number of H-pyrrole nitrogens is 1. The molecular weight excluding hydrogens is 392 g/mol. The smallest absolute Gasteiger partial charge is 0.232 e. The van der Waals surface area contributed by atoms with Crippen LogP contribution in [0.25, 0.3) is 22.3 Å². The van der Waals surface area contributed by atoms with E-state index in [1.807, 2.05) is 49.3 Å². The molecule has 1 saturated heterocycles. The largest absolute Gasteiger partial charge is 0.487 e. The number of carbonyl (C=O) groups is 1. The maximum atomic E-state index is 12.9. The van der Waals surface area contributed by atoms with E-state index >= 15 is 0 Å². The van der Waals surface area contributed by atoms with Crippen LogP contribution in [0.5, 0.6) is 5.75 Å². The Kier molecular flexibility index (Phi) is 4.02. The first-order chi connectivity index (χ1) is 15.0. The highest BCUT2D eigenvalue weighted by atomic mass is 16.5. The van der Waals surface area contributed by atoms with Crippen molar-refractivity contribution in [3.8, 4) is 17.1 Å². The summed E-state index contributed by atoms with van der Waals surface area (Å²) in [4.78, 5) is 19.7. The Morgan fingerprint density at radius 1 is 1.26 bits per heavy atom. The average Bonchev–Trinajstić information content (AvgIpc) is 3.63. The molecule has 1 amide bonds. The second kappa shape index (κ2) is 6.68. The Morgan fingerprint density at radius 2 is 2.13 bits per heavy atom. The highest BCUT2D eigenvalue weighted by molar-refractivity contribution is 6.01. The van der Waals surface area contributed by atoms with Crippen molar-refractivity contribution >= 4 is 28.3 Å². The summed E-state index contributed by atoms with van der Waals surface area (Å²) in [5, 5.41) is 15.1. The van der Waals surface area contributed by atoms with Crippen LogP contribution in [0.2, 0.25) is 0 Å². The number of hydrogen-bond acceptors (Lipinski definition) is 6. The van der Waals surface area contributed by atoms with Crippen LogP contribution in [0.15, 0.2) is 30.3 Å². The first kappa shape index (κ1) is 18.6. The van der Waals surface area contributed by atoms with E-state index in [2.05, 4.69) is 20.8 Å². The lowest BCUT2D eigenvalue weighted by Gasteiger charge is -2.17. The fraction of sp³-hybridized carbons (Fsp3) is 0.435. The molecular formula is C23H26N6O2. The fourth-order valence-corrected chi connectivity index (χ4v) is 4.57. The summed E-state index contributed by atoms with van der Waals surface area (Å²) in [6, 6.07) is 10.1. The number of amides is 1. The second-order valence-electron chi connectivity index (χ2n) is 9.13. The number of anilines is 2. The molecule has 2 atom stereocenters. The number of ether oxygens (including phenoxy) is 1. The van der Waals surface area contributed by atoms with Crippen molar-refractivity contribution in [2.75, 3.05) is 30.9 Å². The predicted octanol–water partition coefficient (Wildman–Crippen LogP) is 2.92. The topological polar surface area (TPSA) is 95.2 Å². The number of piperidine rings is 1. The van der Waals surface area contributed by atoms with Gasteiger partial charge in [0.05, 0.1) is 22.7 Å². The average molecular weight is 419 g/mol. The Balaban J connectivity index is 1.32. The summed E-state index contributed by atoms with van der Waals surface area (Å²) < 4.78 is 6.02. The standard InChI is InChI=1S/C23H26N6O2/c1-29(2)21-18(31-14-4-5-14)8-7-17(26-21)20-15-11-13(3-6-16(15)27-28-20)25-22(30)23-9-10-24-19(23)12-23/h3,6-8,11,14,19,24H,4-5,9-10,12H2,1-2H3,(H,25,30)(H,27,28)/t19?,23-/m0/s1. The van der Waals surface area contributed by atoms with Crippen LogP contribution in [-0.4, -0.2) is 53.9 Å². The molecule has 1 unspecified atom stereocenters. The minimum atomic E-state index is -0.215. The van der Waals surface area contributed by atoms with E-state index < -0.39 is 0 Å². The maximum Gasteiger partial charge on any atom is 0.232 e. The number of rotatable bonds is 6. The van der Waals surface area contributed by atoms with E-state index in [1.54, 1.807) is 0 Å². The molecule has 8 heteroatoms. The Labute approximate surface area is 180 Å². The van der Waals surface area contributed by atoms with Gasteiger partial charge >= 0.3 is 0 Å². The molecule has 3 N–H and O–H groups in total. The molecule has 0 spiro atoms. The van der Waals surface area contributed by atoms with Crippen LogP contribution in [-0.2, 0) is 4.79 Å². The molecule has 1 aromatic carbocycles. The number of nitrogens with zero attached hydrogens (tertiary/aromatic N) is 3. The summed E-state index contributed by atoms with van der Waals surface area (Å²) in [6.07, 6.45) is 4.36. The fourth-order valence-electron chi connectivity index (χ4n) is 4.57. The van der Waals surface area contributed by atoms with Crippen LogP contribution in [0.4, 0.5) is 11.5 Å². The highest BCUT2D eigenvalue weighted by Gasteiger charge is 2.62. The summed E-state index contributed by atoms with van der Waals surface area (Å²) in [5.74, 6) is 1.70. The van der Waals surface area contributed by atoms with Gasteiger partial charge in [-0.2, -0.15) is 5.10 Å². The van der Waals surface area contributed by atoms with Crippen molar-refractivity contribution in [2.45, 2.75) is 37.8 Å². The quantitative estimate of drug-likeness (QED) is 0.570. The Morgan fingerprint density at radius 3 is 2.84 bits per heavy atom. The Hall–Kier alpha value is -3.13. The van der Waals surface area contributed by atoms with Gasteiger partial charge < -0.3 is 20.3 Å². The molecule has 160 valence electrons. The molecule has 2 saturated carbocycles. The molecule has 0 radical (unpaired) electrons. The SMILES string of the molecule is CN(C)c1nc(-c2n[nH]c3ccc(NC(=O)[C@]45CCNC4C5)cc23)ccc1OC1CC1. The minimum Gasteiger partial charge on any atom is -0.487 e. The van der Waals surface area contributed by atoms with Crippen molar-refractivity contribution in [1.82, 2.24) is 20.5 Å². The van der Waals surface area contributed by atoms with Gasteiger partial charge in [0.2, 0.25) is 5.91 Å². The first-order valence-electron chi connectivity index (χ1n) is 10.9. The van der Waals surface area contributed by atoms with Gasteiger partial charge in [0.25, 0.3) is 0 Å². The lowest BCUT2D eigenvalue weighted by Crippen LogP contribution is -2.25. The molecule has 3 heterocycles. The molecule has 6 rings (SSSR count). The normalized spacial score (nSPS) is 24.1. The third-order valence-corrected chi connectivity index (χ3v) is 6.63. The lowest BCUT2D eigenvalue weighted by atomic mass is 10.0. The maximum absolute atomic E-state index is 12.9. The van der Waals surface area contributed by atoms with Gasteiger partial charge in [0.1, 0.15) is 5.69 Å². The van der Waals surface area contributed by atoms with Gasteiger partial charge in [-0.3, -0.25) is 9.89 Å². The van der Waals surface area contributed by atoms with Gasteiger partial charge in [-0.1, -0.05) is 0 Å². The Bertz CT molecular complexity index is 1180. The molecule has 3 aromatic rings. The summed E-state index contributed by atoms with van der Waals surface area (Å²) in [6.45, 7) is 0.920. The van der Waals surface area contributed by atoms with E-state index in [0.29, 0.717) is 12.1 Å². The number of fused-ring (bicyclic) bond motifs is 2. The number of carbonyl (C=O) groups excluding carboxylic acids is 1. The molecule has 0 bridgehead atoms. The zero-order valence-electron chi connectivity index (χ0n) is 17.7. The van der Waals surface area contributed by atoms with Gasteiger partial charge in [-0.05, 0) is 62.6 Å². The lowest BCUT2D eigenvalue weighted by molar-refractivity contribution is -0.121. The molecule has 2 aliphatic carbocycles. The van der Waals surface area contributed by atoms with Crippen LogP contribution >= 0.6 is 0 Å². The zero-order chi connectivity index (χ0) is 21.2. The molecule has 31 heavy (non-hydrogen) atoms. The molecule has 2 aromatic heterocycles. The van der Waals surface area contributed by atoms with Crippen molar-refractivity contribution in [3.05, 3.63) is 30.3 Å². The second-order valence-corrected chi connectivity index (χ2v) is 9.13. The monoisotopic (exact) mass is 418 g/mol. The van der Waals surface area contributed by atoms with Gasteiger partial charge in [-0.25, -0.2) is 4.98 Å². The van der Waals surface area contributed by atoms with E-state index in [-0.39, 0.29) is 11.3 Å². The third kappa shape index (κ3) is 3.13. The van der Waals surface area contributed by atoms with Crippen molar-refractivity contribution in [2.24, 2.45) is 5.41 Å².